The molecule has 0 unspecified atom stereocenters. The fourth-order valence-electron chi connectivity index (χ4n) is 2.40. The third-order valence-corrected chi connectivity index (χ3v) is 5.21. The average molecular weight is 378 g/mol. The number of halogens is 1. The monoisotopic (exact) mass is 377 g/mol. The van der Waals surface area contributed by atoms with E-state index in [1.54, 1.807) is 11.0 Å². The molecule has 1 amide bonds. The van der Waals surface area contributed by atoms with Crippen LogP contribution in [0.25, 0.3) is 0 Å². The summed E-state index contributed by atoms with van der Waals surface area (Å²) in [7, 11) is -2.14. The van der Waals surface area contributed by atoms with Gasteiger partial charge in [-0.05, 0) is 24.6 Å². The van der Waals surface area contributed by atoms with Crippen molar-refractivity contribution < 1.29 is 17.9 Å². The highest BCUT2D eigenvalue weighted by Gasteiger charge is 2.22. The number of piperazine rings is 1. The lowest BCUT2D eigenvalue weighted by Gasteiger charge is -2.28. The van der Waals surface area contributed by atoms with Crippen LogP contribution in [-0.4, -0.2) is 65.7 Å². The molecule has 1 saturated heterocycles. The van der Waals surface area contributed by atoms with Gasteiger partial charge in [-0.3, -0.25) is 4.79 Å². The van der Waals surface area contributed by atoms with Gasteiger partial charge in [-0.1, -0.05) is 6.07 Å². The molecule has 24 heavy (non-hydrogen) atoms. The molecule has 0 spiro atoms. The number of carbonyl (C=O) groups is 1. The molecule has 0 saturated carbocycles. The molecule has 9 heteroatoms. The molecule has 136 valence electrons. The molecule has 0 aliphatic carbocycles. The van der Waals surface area contributed by atoms with Crippen LogP contribution in [0.2, 0.25) is 0 Å². The van der Waals surface area contributed by atoms with E-state index >= 15 is 0 Å². The van der Waals surface area contributed by atoms with E-state index in [2.05, 4.69) is 10.0 Å². The predicted octanol–water partition coefficient (Wildman–Crippen LogP) is 0.387. The van der Waals surface area contributed by atoms with Crippen molar-refractivity contribution in [2.75, 3.05) is 46.4 Å². The summed E-state index contributed by atoms with van der Waals surface area (Å²) < 4.78 is 31.8. The first kappa shape index (κ1) is 20.9. The minimum absolute atomic E-state index is 0. The Balaban J connectivity index is 0.00000288. The number of aryl methyl sites for hydroxylation is 1. The average Bonchev–Trinajstić information content (AvgIpc) is 2.55. The molecule has 0 radical (unpaired) electrons. The van der Waals surface area contributed by atoms with Gasteiger partial charge in [0, 0.05) is 45.4 Å². The number of benzene rings is 1. The fraction of sp³-hybridized carbons (Fsp3) is 0.533. The topological polar surface area (TPSA) is 87.7 Å². The third-order valence-electron chi connectivity index (χ3n) is 3.75. The van der Waals surface area contributed by atoms with Gasteiger partial charge in [-0.15, -0.1) is 12.4 Å². The van der Waals surface area contributed by atoms with E-state index < -0.39 is 10.0 Å². The Labute approximate surface area is 149 Å². The standard InChI is InChI=1S/C15H23N3O4S.ClH/c1-12-3-4-13(23(20,21)17-7-10-22-2)11-14(12)15(19)18-8-5-16-6-9-18;/h3-4,11,16-17H,5-10H2,1-2H3;1H. The Bertz CT molecular complexity index is 661. The lowest BCUT2D eigenvalue weighted by atomic mass is 10.1. The van der Waals surface area contributed by atoms with Crippen LogP contribution in [0.1, 0.15) is 15.9 Å². The van der Waals surface area contributed by atoms with E-state index in [1.165, 1.54) is 19.2 Å². The lowest BCUT2D eigenvalue weighted by molar-refractivity contribution is 0.0735. The number of nitrogens with one attached hydrogen (secondary N) is 2. The first-order valence-electron chi connectivity index (χ1n) is 7.55. The predicted molar refractivity (Wildman–Crippen MR) is 94.3 cm³/mol. The molecule has 1 aromatic carbocycles. The van der Waals surface area contributed by atoms with Crippen LogP contribution < -0.4 is 10.0 Å². The van der Waals surface area contributed by atoms with Crippen LogP contribution in [0.15, 0.2) is 23.1 Å². The molecule has 2 rings (SSSR count). The van der Waals surface area contributed by atoms with Crippen molar-refractivity contribution in [3.05, 3.63) is 29.3 Å². The molecular weight excluding hydrogens is 354 g/mol. The van der Waals surface area contributed by atoms with Gasteiger partial charge < -0.3 is 15.0 Å². The van der Waals surface area contributed by atoms with E-state index in [9.17, 15) is 13.2 Å². The van der Waals surface area contributed by atoms with E-state index in [4.69, 9.17) is 4.74 Å². The van der Waals surface area contributed by atoms with Gasteiger partial charge in [0.1, 0.15) is 0 Å². The minimum Gasteiger partial charge on any atom is -0.383 e. The van der Waals surface area contributed by atoms with E-state index in [0.29, 0.717) is 18.7 Å². The van der Waals surface area contributed by atoms with Crippen molar-refractivity contribution in [3.63, 3.8) is 0 Å². The smallest absolute Gasteiger partial charge is 0.254 e. The maximum absolute atomic E-state index is 12.6. The van der Waals surface area contributed by atoms with Gasteiger partial charge in [0.2, 0.25) is 10.0 Å². The Hall–Kier alpha value is -1.19. The number of nitrogens with zero attached hydrogens (tertiary/aromatic N) is 1. The van der Waals surface area contributed by atoms with Crippen molar-refractivity contribution in [1.82, 2.24) is 14.9 Å². The number of methoxy groups -OCH3 is 1. The first-order valence-corrected chi connectivity index (χ1v) is 9.03. The van der Waals surface area contributed by atoms with Crippen LogP contribution >= 0.6 is 12.4 Å². The van der Waals surface area contributed by atoms with Gasteiger partial charge in [0.25, 0.3) is 5.91 Å². The van der Waals surface area contributed by atoms with Crippen LogP contribution in [0.5, 0.6) is 0 Å². The Morgan fingerprint density at radius 1 is 1.33 bits per heavy atom. The van der Waals surface area contributed by atoms with Crippen molar-refractivity contribution in [3.8, 4) is 0 Å². The van der Waals surface area contributed by atoms with Crippen LogP contribution in [-0.2, 0) is 14.8 Å². The van der Waals surface area contributed by atoms with E-state index in [-0.39, 0.29) is 36.4 Å². The molecular formula is C15H24ClN3O4S. The molecule has 0 atom stereocenters. The van der Waals surface area contributed by atoms with Gasteiger partial charge >= 0.3 is 0 Å². The molecule has 2 N–H and O–H groups in total. The second-order valence-corrected chi connectivity index (χ2v) is 7.18. The first-order chi connectivity index (χ1) is 11.0. The number of rotatable bonds is 6. The zero-order chi connectivity index (χ0) is 16.9. The van der Waals surface area contributed by atoms with Gasteiger partial charge in [-0.2, -0.15) is 0 Å². The van der Waals surface area contributed by atoms with Crippen molar-refractivity contribution in [2.24, 2.45) is 0 Å². The summed E-state index contributed by atoms with van der Waals surface area (Å²) in [6, 6.07) is 4.63. The number of hydrogen-bond donors (Lipinski definition) is 2. The largest absolute Gasteiger partial charge is 0.383 e. The van der Waals surface area contributed by atoms with Crippen molar-refractivity contribution in [2.45, 2.75) is 11.8 Å². The Kier molecular flexibility index (Phi) is 8.11. The van der Waals surface area contributed by atoms with Gasteiger partial charge in [0.05, 0.1) is 11.5 Å². The molecule has 1 aromatic rings. The number of ether oxygens (including phenoxy) is 1. The van der Waals surface area contributed by atoms with Gasteiger partial charge in [0.15, 0.2) is 0 Å². The maximum Gasteiger partial charge on any atom is 0.254 e. The quantitative estimate of drug-likeness (QED) is 0.700. The van der Waals surface area contributed by atoms with Crippen molar-refractivity contribution >= 4 is 28.3 Å². The Morgan fingerprint density at radius 3 is 2.62 bits per heavy atom. The number of hydrogen-bond acceptors (Lipinski definition) is 5. The second-order valence-electron chi connectivity index (χ2n) is 5.41. The summed E-state index contributed by atoms with van der Waals surface area (Å²) in [5.74, 6) is -0.127. The van der Waals surface area contributed by atoms with Crippen molar-refractivity contribution in [1.29, 1.82) is 0 Å². The molecule has 0 bridgehead atoms. The van der Waals surface area contributed by atoms with Gasteiger partial charge in [-0.25, -0.2) is 13.1 Å². The molecule has 0 aromatic heterocycles. The fourth-order valence-corrected chi connectivity index (χ4v) is 3.44. The second kappa shape index (κ2) is 9.33. The highest BCUT2D eigenvalue weighted by Crippen LogP contribution is 2.17. The molecule has 1 fully saturated rings. The summed E-state index contributed by atoms with van der Waals surface area (Å²) in [6.07, 6.45) is 0. The molecule has 1 heterocycles. The lowest BCUT2D eigenvalue weighted by Crippen LogP contribution is -2.46. The van der Waals surface area contributed by atoms with E-state index in [0.717, 1.165) is 18.7 Å². The highest BCUT2D eigenvalue weighted by molar-refractivity contribution is 7.89. The molecule has 1 aliphatic heterocycles. The maximum atomic E-state index is 12.6. The molecule has 7 nitrogen and oxygen atoms in total. The number of amides is 1. The minimum atomic E-state index is -3.65. The number of sulfonamides is 1. The summed E-state index contributed by atoms with van der Waals surface area (Å²) in [5.41, 5.74) is 1.20. The summed E-state index contributed by atoms with van der Waals surface area (Å²) in [4.78, 5) is 14.5. The number of carbonyl (C=O) groups excluding carboxylic acids is 1. The summed E-state index contributed by atoms with van der Waals surface area (Å²) in [6.45, 7) is 5.04. The summed E-state index contributed by atoms with van der Waals surface area (Å²) >= 11 is 0. The SMILES string of the molecule is COCCNS(=O)(=O)c1ccc(C)c(C(=O)N2CCNCC2)c1.Cl. The van der Waals surface area contributed by atoms with Crippen LogP contribution in [0, 0.1) is 6.92 Å². The van der Waals surface area contributed by atoms with Crippen LogP contribution in [0.4, 0.5) is 0 Å². The zero-order valence-electron chi connectivity index (χ0n) is 13.9. The Morgan fingerprint density at radius 2 is 2.00 bits per heavy atom. The third kappa shape index (κ3) is 5.15. The summed E-state index contributed by atoms with van der Waals surface area (Å²) in [5, 5.41) is 3.19. The van der Waals surface area contributed by atoms with E-state index in [1.807, 2.05) is 6.92 Å². The zero-order valence-corrected chi connectivity index (χ0v) is 15.5. The molecule has 1 aliphatic rings. The highest BCUT2D eigenvalue weighted by atomic mass is 35.5. The normalized spacial score (nSPS) is 15.0. The van der Waals surface area contributed by atoms with Crippen LogP contribution in [0.3, 0.4) is 0 Å².